The summed E-state index contributed by atoms with van der Waals surface area (Å²) in [6, 6.07) is 0. The fraction of sp³-hybridized carbons (Fsp3) is 0.829. The van der Waals surface area contributed by atoms with E-state index in [9.17, 15) is 0 Å². The topological polar surface area (TPSA) is 18.5 Å². The third-order valence-corrected chi connectivity index (χ3v) is 21.1. The lowest BCUT2D eigenvalue weighted by Crippen LogP contribution is -2.49. The molecule has 0 radical (unpaired) electrons. The second-order valence-corrected chi connectivity index (χ2v) is 26.3. The van der Waals surface area contributed by atoms with Gasteiger partial charge in [0, 0.05) is 0 Å². The summed E-state index contributed by atoms with van der Waals surface area (Å²) in [5.41, 5.74) is 4.87. The molecule has 6 atom stereocenters. The van der Waals surface area contributed by atoms with Crippen molar-refractivity contribution in [1.29, 1.82) is 0 Å². The molecule has 3 aliphatic rings. The highest BCUT2D eigenvalue weighted by Gasteiger charge is 2.50. The average Bonchev–Trinajstić information content (AvgIpc) is 3.15. The van der Waals surface area contributed by atoms with Gasteiger partial charge in [-0.05, 0) is 110 Å². The maximum Gasteiger partial charge on any atom is 0.192 e. The molecule has 0 bridgehead atoms. The molecule has 4 heteroatoms. The lowest BCUT2D eigenvalue weighted by Gasteiger charge is -2.46. The number of hydrogen-bond donors (Lipinski definition) is 0. The van der Waals surface area contributed by atoms with Crippen molar-refractivity contribution in [1.82, 2.24) is 0 Å². The van der Waals surface area contributed by atoms with Crippen LogP contribution in [0.4, 0.5) is 0 Å². The van der Waals surface area contributed by atoms with Crippen molar-refractivity contribution >= 4 is 16.6 Å². The monoisotopic (exact) mass is 572 g/mol. The molecule has 224 valence electrons. The number of hydrogen-bond acceptors (Lipinski definition) is 2. The Hall–Kier alpha value is -0.426. The van der Waals surface area contributed by atoms with Gasteiger partial charge in [0.25, 0.3) is 0 Å². The van der Waals surface area contributed by atoms with Gasteiger partial charge in [0.15, 0.2) is 16.6 Å². The summed E-state index contributed by atoms with van der Waals surface area (Å²) in [4.78, 5) is 0. The van der Waals surface area contributed by atoms with Gasteiger partial charge in [0.1, 0.15) is 0 Å². The van der Waals surface area contributed by atoms with E-state index in [0.717, 1.165) is 30.6 Å². The summed E-state index contributed by atoms with van der Waals surface area (Å²) in [6.45, 7) is 35.7. The Morgan fingerprint density at radius 1 is 0.923 bits per heavy atom. The van der Waals surface area contributed by atoms with Gasteiger partial charge in [-0.25, -0.2) is 0 Å². The Morgan fingerprint density at radius 2 is 1.44 bits per heavy atom. The zero-order valence-electron chi connectivity index (χ0n) is 28.2. The highest BCUT2D eigenvalue weighted by Crippen LogP contribution is 2.59. The van der Waals surface area contributed by atoms with Crippen LogP contribution in [0.3, 0.4) is 0 Å². The highest BCUT2D eigenvalue weighted by atomic mass is 28.4. The first kappa shape index (κ1) is 33.1. The largest absolute Gasteiger partial charge is 0.410 e. The summed E-state index contributed by atoms with van der Waals surface area (Å²) in [7, 11) is -3.88. The second kappa shape index (κ2) is 11.7. The van der Waals surface area contributed by atoms with Crippen molar-refractivity contribution in [2.45, 2.75) is 162 Å². The van der Waals surface area contributed by atoms with Crippen LogP contribution in [0, 0.1) is 23.2 Å². The molecule has 0 aromatic carbocycles. The summed E-state index contributed by atoms with van der Waals surface area (Å²) in [5, 5.41) is 0.348. The fourth-order valence-corrected chi connectivity index (χ4v) is 9.79. The molecular weight excluding hydrogens is 509 g/mol. The van der Waals surface area contributed by atoms with Crippen LogP contribution in [0.1, 0.15) is 114 Å². The summed E-state index contributed by atoms with van der Waals surface area (Å²) >= 11 is 0. The highest BCUT2D eigenvalue weighted by molar-refractivity contribution is 6.74. The average molecular weight is 573 g/mol. The minimum Gasteiger partial charge on any atom is -0.410 e. The fourth-order valence-electron chi connectivity index (χ4n) is 7.19. The number of rotatable bonds is 7. The molecule has 0 N–H and O–H groups in total. The van der Waals surface area contributed by atoms with Crippen LogP contribution in [-0.2, 0) is 8.85 Å². The quantitative estimate of drug-likeness (QED) is 0.223. The maximum atomic E-state index is 7.06. The Labute approximate surface area is 245 Å². The van der Waals surface area contributed by atoms with Gasteiger partial charge in [-0.15, -0.1) is 0 Å². The molecule has 39 heavy (non-hydrogen) atoms. The Bertz CT molecular complexity index is 903. The van der Waals surface area contributed by atoms with Gasteiger partial charge in [0.2, 0.25) is 0 Å². The standard InChI is InChI=1S/C35H64O2Si2/c1-15-25(2)29-20-21-30-28(17-16-22-35(29,30)10)19-18-27-23-31(36-38(11,12)33(4,5)6)26(3)32(24-27)37-39(13,14)34(7,8)9/h18-19,25,29-32H,3,15-17,20-24H2,1-2,4-14H3/t25-,29?,30?,31+,32+,35+/m0/s1. The molecule has 0 aromatic heterocycles. The molecule has 0 aromatic rings. The first-order valence-electron chi connectivity index (χ1n) is 16.2. The van der Waals surface area contributed by atoms with Crippen LogP contribution in [0.2, 0.25) is 36.3 Å². The van der Waals surface area contributed by atoms with E-state index in [4.69, 9.17) is 8.85 Å². The van der Waals surface area contributed by atoms with E-state index in [1.54, 1.807) is 5.57 Å². The van der Waals surface area contributed by atoms with E-state index < -0.39 is 16.6 Å². The van der Waals surface area contributed by atoms with Crippen molar-refractivity contribution in [3.05, 3.63) is 35.5 Å². The lowest BCUT2D eigenvalue weighted by molar-refractivity contribution is 0.0961. The van der Waals surface area contributed by atoms with Gasteiger partial charge < -0.3 is 8.85 Å². The normalized spacial score (nSPS) is 32.9. The number of allylic oxidation sites excluding steroid dienone is 3. The maximum absolute atomic E-state index is 7.06. The van der Waals surface area contributed by atoms with Crippen molar-refractivity contribution in [2.24, 2.45) is 23.2 Å². The van der Waals surface area contributed by atoms with E-state index in [-0.39, 0.29) is 22.3 Å². The zero-order valence-corrected chi connectivity index (χ0v) is 30.2. The minimum atomic E-state index is -1.94. The molecule has 0 amide bonds. The van der Waals surface area contributed by atoms with Gasteiger partial charge in [0.05, 0.1) is 12.2 Å². The van der Waals surface area contributed by atoms with E-state index in [1.807, 2.05) is 0 Å². The van der Waals surface area contributed by atoms with Gasteiger partial charge in [-0.1, -0.05) is 98.6 Å². The van der Waals surface area contributed by atoms with Crippen molar-refractivity contribution < 1.29 is 8.85 Å². The van der Waals surface area contributed by atoms with E-state index in [2.05, 4.69) is 107 Å². The molecule has 3 rings (SSSR count). The molecule has 3 fully saturated rings. The van der Waals surface area contributed by atoms with Crippen LogP contribution >= 0.6 is 0 Å². The minimum absolute atomic E-state index is 0.0527. The smallest absolute Gasteiger partial charge is 0.192 e. The Balaban J connectivity index is 1.92. The van der Waals surface area contributed by atoms with Crippen LogP contribution in [0.25, 0.3) is 0 Å². The van der Waals surface area contributed by atoms with Crippen molar-refractivity contribution in [3.8, 4) is 0 Å². The van der Waals surface area contributed by atoms with Crippen LogP contribution in [0.5, 0.6) is 0 Å². The van der Waals surface area contributed by atoms with Gasteiger partial charge in [-0.3, -0.25) is 0 Å². The zero-order chi connectivity index (χ0) is 29.6. The molecule has 0 aliphatic heterocycles. The predicted octanol–water partition coefficient (Wildman–Crippen LogP) is 11.2. The summed E-state index contributed by atoms with van der Waals surface area (Å²) < 4.78 is 14.1. The van der Waals surface area contributed by atoms with Crippen molar-refractivity contribution in [2.75, 3.05) is 0 Å². The molecular formula is C35H64O2Si2. The third-order valence-electron chi connectivity index (χ3n) is 12.1. The predicted molar refractivity (Wildman–Crippen MR) is 176 cm³/mol. The van der Waals surface area contributed by atoms with Crippen molar-refractivity contribution in [3.63, 3.8) is 0 Å². The summed E-state index contributed by atoms with van der Waals surface area (Å²) in [5.74, 6) is 2.48. The molecule has 0 saturated heterocycles. The number of fused-ring (bicyclic) bond motifs is 1. The van der Waals surface area contributed by atoms with E-state index in [1.165, 1.54) is 49.7 Å². The summed E-state index contributed by atoms with van der Waals surface area (Å²) in [6.07, 6.45) is 15.2. The van der Waals surface area contributed by atoms with Crippen LogP contribution in [0.15, 0.2) is 35.5 Å². The molecule has 2 unspecified atom stereocenters. The van der Waals surface area contributed by atoms with Gasteiger partial charge in [-0.2, -0.15) is 0 Å². The molecule has 0 heterocycles. The van der Waals surface area contributed by atoms with Crippen LogP contribution in [-0.4, -0.2) is 28.8 Å². The Kier molecular flexibility index (Phi) is 9.91. The van der Waals surface area contributed by atoms with E-state index >= 15 is 0 Å². The van der Waals surface area contributed by atoms with Gasteiger partial charge >= 0.3 is 0 Å². The first-order chi connectivity index (χ1) is 17.7. The van der Waals surface area contributed by atoms with Crippen LogP contribution < -0.4 is 0 Å². The Morgan fingerprint density at radius 3 is 1.90 bits per heavy atom. The molecule has 3 aliphatic carbocycles. The molecule has 3 saturated carbocycles. The third kappa shape index (κ3) is 6.97. The lowest BCUT2D eigenvalue weighted by atomic mass is 9.61. The molecule has 2 nitrogen and oxygen atoms in total. The SMILES string of the molecule is C=C1[C@H](O[Si](C)(C)C(C)(C)C)CC(=CC=C2CCC[C@@]3(C)C2CCC3[C@@H](C)CC)C[C@H]1O[Si](C)(C)C(C)(C)C. The molecule has 0 spiro atoms. The first-order valence-corrected chi connectivity index (χ1v) is 22.0. The van der Waals surface area contributed by atoms with E-state index in [0.29, 0.717) is 5.41 Å². The second-order valence-electron chi connectivity index (χ2n) is 16.8.